The quantitative estimate of drug-likeness (QED) is 0.482. The summed E-state index contributed by atoms with van der Waals surface area (Å²) in [6, 6.07) is 9.16. The molecule has 0 unspecified atom stereocenters. The first-order valence-corrected chi connectivity index (χ1v) is 8.82. The molecule has 0 saturated carbocycles. The molecule has 1 heterocycles. The lowest BCUT2D eigenvalue weighted by molar-refractivity contribution is 0.715. The van der Waals surface area contributed by atoms with E-state index >= 15 is 0 Å². The number of hydrogen-bond donors (Lipinski definition) is 1. The molecule has 0 amide bonds. The molecule has 2 aromatic carbocycles. The summed E-state index contributed by atoms with van der Waals surface area (Å²) in [6.45, 7) is 0. The fraction of sp³-hybridized carbons (Fsp3) is 0.235. The largest absolute Gasteiger partial charge is 0.341 e. The topological polar surface area (TPSA) is 28.7 Å². The molecule has 1 aromatic heterocycles. The van der Waals surface area contributed by atoms with Crippen LogP contribution in [0.2, 0.25) is 20.1 Å². The molecular formula is C17H14Cl4N2. The van der Waals surface area contributed by atoms with Gasteiger partial charge in [0.1, 0.15) is 11.3 Å². The van der Waals surface area contributed by atoms with Crippen molar-refractivity contribution in [3.8, 4) is 0 Å². The van der Waals surface area contributed by atoms with Gasteiger partial charge in [-0.2, -0.15) is 0 Å². The standard InChI is InChI=1S/C17H14Cl4N2/c18-11-6-5-10(14(21)9-11)3-1-2-4-15-22-16-12(19)7-8-13(20)17(16)23-15/h5-9H,1-4H2,(H,22,23). The first kappa shape index (κ1) is 16.9. The van der Waals surface area contributed by atoms with Gasteiger partial charge in [-0.3, -0.25) is 0 Å². The van der Waals surface area contributed by atoms with Crippen LogP contribution >= 0.6 is 46.4 Å². The number of rotatable bonds is 5. The second kappa shape index (κ2) is 7.31. The van der Waals surface area contributed by atoms with Crippen LogP contribution in [0.15, 0.2) is 30.3 Å². The molecule has 0 radical (unpaired) electrons. The van der Waals surface area contributed by atoms with E-state index in [1.807, 2.05) is 12.1 Å². The van der Waals surface area contributed by atoms with Gasteiger partial charge in [0.2, 0.25) is 0 Å². The van der Waals surface area contributed by atoms with Crippen LogP contribution in [0.3, 0.4) is 0 Å². The average molecular weight is 388 g/mol. The van der Waals surface area contributed by atoms with Crippen molar-refractivity contribution < 1.29 is 0 Å². The maximum Gasteiger partial charge on any atom is 0.109 e. The number of fused-ring (bicyclic) bond motifs is 1. The number of hydrogen-bond acceptors (Lipinski definition) is 1. The molecule has 0 aliphatic carbocycles. The number of nitrogens with one attached hydrogen (secondary N) is 1. The Hall–Kier alpha value is -0.930. The highest BCUT2D eigenvalue weighted by atomic mass is 35.5. The van der Waals surface area contributed by atoms with Gasteiger partial charge in [-0.25, -0.2) is 4.98 Å². The lowest BCUT2D eigenvalue weighted by Crippen LogP contribution is -1.92. The normalized spacial score (nSPS) is 11.3. The fourth-order valence-electron chi connectivity index (χ4n) is 2.53. The number of aryl methyl sites for hydroxylation is 2. The molecule has 2 nitrogen and oxygen atoms in total. The Bertz CT molecular complexity index is 803. The second-order valence-corrected chi connectivity index (χ2v) is 7.04. The van der Waals surface area contributed by atoms with Gasteiger partial charge in [0.25, 0.3) is 0 Å². The van der Waals surface area contributed by atoms with Crippen molar-refractivity contribution in [3.63, 3.8) is 0 Å². The lowest BCUT2D eigenvalue weighted by atomic mass is 10.1. The molecule has 0 bridgehead atoms. The van der Waals surface area contributed by atoms with Crippen LogP contribution < -0.4 is 0 Å². The molecule has 6 heteroatoms. The van der Waals surface area contributed by atoms with Crippen molar-refractivity contribution in [2.45, 2.75) is 25.7 Å². The predicted octanol–water partition coefficient (Wildman–Crippen LogP) is 6.74. The monoisotopic (exact) mass is 386 g/mol. The van der Waals surface area contributed by atoms with E-state index in [2.05, 4.69) is 9.97 Å². The zero-order valence-electron chi connectivity index (χ0n) is 12.2. The summed E-state index contributed by atoms with van der Waals surface area (Å²) in [6.07, 6.45) is 3.76. The third kappa shape index (κ3) is 3.95. The minimum Gasteiger partial charge on any atom is -0.341 e. The molecule has 0 atom stereocenters. The first-order chi connectivity index (χ1) is 11.0. The van der Waals surface area contributed by atoms with Gasteiger partial charge < -0.3 is 4.98 Å². The molecule has 0 saturated heterocycles. The van der Waals surface area contributed by atoms with E-state index in [1.165, 1.54) is 0 Å². The van der Waals surface area contributed by atoms with Crippen molar-refractivity contribution in [1.29, 1.82) is 0 Å². The molecule has 120 valence electrons. The Balaban J connectivity index is 1.61. The second-order valence-electron chi connectivity index (χ2n) is 5.38. The molecule has 23 heavy (non-hydrogen) atoms. The number of nitrogens with zero attached hydrogens (tertiary/aromatic N) is 1. The third-order valence-electron chi connectivity index (χ3n) is 3.72. The summed E-state index contributed by atoms with van der Waals surface area (Å²) in [7, 11) is 0. The van der Waals surface area contributed by atoms with Crippen molar-refractivity contribution in [3.05, 3.63) is 61.8 Å². The molecule has 0 aliphatic heterocycles. The Morgan fingerprint density at radius 1 is 0.826 bits per heavy atom. The summed E-state index contributed by atoms with van der Waals surface area (Å²) < 4.78 is 0. The van der Waals surface area contributed by atoms with Gasteiger partial charge in [-0.15, -0.1) is 0 Å². The number of aromatic nitrogens is 2. The number of imidazole rings is 1. The third-order valence-corrected chi connectivity index (χ3v) is 4.93. The molecule has 3 rings (SSSR count). The minimum atomic E-state index is 0.611. The van der Waals surface area contributed by atoms with Crippen molar-refractivity contribution in [2.75, 3.05) is 0 Å². The highest BCUT2D eigenvalue weighted by Crippen LogP contribution is 2.28. The Labute approximate surface area is 154 Å². The van der Waals surface area contributed by atoms with Gasteiger partial charge in [-0.05, 0) is 49.1 Å². The van der Waals surface area contributed by atoms with E-state index in [9.17, 15) is 0 Å². The van der Waals surface area contributed by atoms with Crippen molar-refractivity contribution in [2.24, 2.45) is 0 Å². The fourth-order valence-corrected chi connectivity index (χ4v) is 3.43. The Morgan fingerprint density at radius 3 is 2.30 bits per heavy atom. The number of halogens is 4. The summed E-state index contributed by atoms with van der Waals surface area (Å²) in [5.41, 5.74) is 2.65. The predicted molar refractivity (Wildman–Crippen MR) is 99.2 cm³/mol. The average Bonchev–Trinajstić information content (AvgIpc) is 2.95. The highest BCUT2D eigenvalue weighted by Gasteiger charge is 2.09. The van der Waals surface area contributed by atoms with E-state index < -0.39 is 0 Å². The molecule has 1 N–H and O–H groups in total. The zero-order chi connectivity index (χ0) is 16.4. The van der Waals surface area contributed by atoms with Crippen LogP contribution in [-0.2, 0) is 12.8 Å². The molecule has 0 fully saturated rings. The van der Waals surface area contributed by atoms with Crippen LogP contribution in [-0.4, -0.2) is 9.97 Å². The molecule has 0 spiro atoms. The van der Waals surface area contributed by atoms with Gasteiger partial charge in [0.05, 0.1) is 15.6 Å². The lowest BCUT2D eigenvalue weighted by Gasteiger charge is -2.04. The van der Waals surface area contributed by atoms with Crippen LogP contribution in [0.4, 0.5) is 0 Å². The smallest absolute Gasteiger partial charge is 0.109 e. The van der Waals surface area contributed by atoms with Gasteiger partial charge in [0.15, 0.2) is 0 Å². The van der Waals surface area contributed by atoms with Crippen molar-refractivity contribution in [1.82, 2.24) is 9.97 Å². The Morgan fingerprint density at radius 2 is 1.57 bits per heavy atom. The zero-order valence-corrected chi connectivity index (χ0v) is 15.2. The molecular weight excluding hydrogens is 374 g/mol. The van der Waals surface area contributed by atoms with E-state index in [1.54, 1.807) is 18.2 Å². The maximum atomic E-state index is 6.18. The van der Waals surface area contributed by atoms with Gasteiger partial charge >= 0.3 is 0 Å². The van der Waals surface area contributed by atoms with Gasteiger partial charge in [-0.1, -0.05) is 52.5 Å². The van der Waals surface area contributed by atoms with E-state index in [4.69, 9.17) is 46.4 Å². The number of unbranched alkanes of at least 4 members (excludes halogenated alkanes) is 1. The summed E-state index contributed by atoms with van der Waals surface area (Å²) in [4.78, 5) is 7.78. The van der Waals surface area contributed by atoms with E-state index in [0.717, 1.165) is 53.1 Å². The summed E-state index contributed by atoms with van der Waals surface area (Å²) >= 11 is 24.4. The summed E-state index contributed by atoms with van der Waals surface area (Å²) in [5, 5.41) is 2.63. The van der Waals surface area contributed by atoms with E-state index in [0.29, 0.717) is 15.1 Å². The number of aromatic amines is 1. The highest BCUT2D eigenvalue weighted by molar-refractivity contribution is 6.39. The van der Waals surface area contributed by atoms with Crippen molar-refractivity contribution >= 4 is 57.4 Å². The van der Waals surface area contributed by atoms with Crippen LogP contribution in [0.1, 0.15) is 24.2 Å². The van der Waals surface area contributed by atoms with Crippen LogP contribution in [0, 0.1) is 0 Å². The molecule has 0 aliphatic rings. The number of H-pyrrole nitrogens is 1. The SMILES string of the molecule is Clc1ccc(CCCCc2nc3c(Cl)ccc(Cl)c3[nH]2)c(Cl)c1. The molecule has 3 aromatic rings. The Kier molecular flexibility index (Phi) is 5.38. The van der Waals surface area contributed by atoms with Crippen LogP contribution in [0.25, 0.3) is 11.0 Å². The maximum absolute atomic E-state index is 6.18. The number of benzene rings is 2. The first-order valence-electron chi connectivity index (χ1n) is 7.31. The minimum absolute atomic E-state index is 0.611. The van der Waals surface area contributed by atoms with Gasteiger partial charge in [0, 0.05) is 16.5 Å². The van der Waals surface area contributed by atoms with E-state index in [-0.39, 0.29) is 0 Å². The summed E-state index contributed by atoms with van der Waals surface area (Å²) in [5.74, 6) is 0.900. The van der Waals surface area contributed by atoms with Crippen LogP contribution in [0.5, 0.6) is 0 Å².